The predicted octanol–water partition coefficient (Wildman–Crippen LogP) is 0.388. The van der Waals surface area contributed by atoms with E-state index in [1.165, 1.54) is 13.2 Å². The van der Waals surface area contributed by atoms with Crippen molar-refractivity contribution in [2.75, 3.05) is 7.11 Å². The van der Waals surface area contributed by atoms with Crippen LogP contribution in [-0.2, 0) is 14.3 Å². The molecule has 1 aliphatic heterocycles. The smallest absolute Gasteiger partial charge is 0.338 e. The summed E-state index contributed by atoms with van der Waals surface area (Å²) >= 11 is 4.70. The van der Waals surface area contributed by atoms with Crippen LogP contribution in [0, 0.1) is 0 Å². The van der Waals surface area contributed by atoms with Gasteiger partial charge in [-0.25, -0.2) is 4.79 Å². The number of nitrogens with one attached hydrogen (secondary N) is 2. The lowest BCUT2D eigenvalue weighted by Gasteiger charge is -2.16. The van der Waals surface area contributed by atoms with Crippen LogP contribution < -0.4 is 10.6 Å². The Morgan fingerprint density at radius 3 is 2.40 bits per heavy atom. The zero-order valence-corrected chi connectivity index (χ0v) is 11.2. The molecule has 0 aliphatic carbocycles. The predicted molar refractivity (Wildman–Crippen MR) is 74.6 cm³/mol. The van der Waals surface area contributed by atoms with Crippen molar-refractivity contribution in [3.8, 4) is 0 Å². The molecule has 1 fully saturated rings. The van der Waals surface area contributed by atoms with Crippen LogP contribution in [0.5, 0.6) is 0 Å². The normalized spacial score (nSPS) is 14.4. The van der Waals surface area contributed by atoms with Crippen LogP contribution in [0.25, 0.3) is 6.08 Å². The first-order valence-electron chi connectivity index (χ1n) is 5.58. The van der Waals surface area contributed by atoms with Crippen molar-refractivity contribution in [3.63, 3.8) is 0 Å². The highest BCUT2D eigenvalue weighted by molar-refractivity contribution is 7.80. The van der Waals surface area contributed by atoms with E-state index in [2.05, 4.69) is 15.4 Å². The standard InChI is InChI=1S/C13H10N2O4S/c1-19-12(18)8-5-3-2-4-7(8)6-9-10(16)14-13(20)15-11(9)17/h2-6H,1H3,(H2,14,15,16,17,20). The third-order valence-electron chi connectivity index (χ3n) is 2.61. The van der Waals surface area contributed by atoms with Gasteiger partial charge in [0.1, 0.15) is 5.57 Å². The Balaban J connectivity index is 2.45. The number of amides is 2. The number of thiocarbonyl (C=S) groups is 1. The fourth-order valence-electron chi connectivity index (χ4n) is 1.68. The van der Waals surface area contributed by atoms with Crippen molar-refractivity contribution in [2.45, 2.75) is 0 Å². The van der Waals surface area contributed by atoms with Gasteiger partial charge in [0.25, 0.3) is 11.8 Å². The van der Waals surface area contributed by atoms with E-state index in [1.54, 1.807) is 24.3 Å². The van der Waals surface area contributed by atoms with Crippen molar-refractivity contribution in [3.05, 3.63) is 41.0 Å². The summed E-state index contributed by atoms with van der Waals surface area (Å²) in [5, 5.41) is 4.59. The molecule has 1 saturated heterocycles. The molecule has 2 N–H and O–H groups in total. The van der Waals surface area contributed by atoms with Crippen LogP contribution in [-0.4, -0.2) is 30.0 Å². The number of carbonyl (C=O) groups excluding carboxylic acids is 3. The van der Waals surface area contributed by atoms with E-state index in [0.29, 0.717) is 5.56 Å². The van der Waals surface area contributed by atoms with Crippen molar-refractivity contribution in [1.82, 2.24) is 10.6 Å². The van der Waals surface area contributed by atoms with Gasteiger partial charge in [-0.2, -0.15) is 0 Å². The summed E-state index contributed by atoms with van der Waals surface area (Å²) in [6.45, 7) is 0. The topological polar surface area (TPSA) is 84.5 Å². The number of hydrogen-bond acceptors (Lipinski definition) is 5. The van der Waals surface area contributed by atoms with Crippen molar-refractivity contribution in [2.24, 2.45) is 0 Å². The molecular weight excluding hydrogens is 280 g/mol. The Bertz CT molecular complexity index is 630. The first-order valence-corrected chi connectivity index (χ1v) is 5.99. The molecule has 6 nitrogen and oxygen atoms in total. The van der Waals surface area contributed by atoms with Crippen LogP contribution >= 0.6 is 12.2 Å². The summed E-state index contributed by atoms with van der Waals surface area (Å²) in [6.07, 6.45) is 1.32. The van der Waals surface area contributed by atoms with Gasteiger partial charge in [0, 0.05) is 0 Å². The van der Waals surface area contributed by atoms with E-state index in [-0.39, 0.29) is 16.2 Å². The highest BCUT2D eigenvalue weighted by Crippen LogP contribution is 2.15. The molecule has 20 heavy (non-hydrogen) atoms. The molecule has 0 atom stereocenters. The Kier molecular flexibility index (Phi) is 3.90. The summed E-state index contributed by atoms with van der Waals surface area (Å²) < 4.78 is 4.65. The van der Waals surface area contributed by atoms with E-state index in [4.69, 9.17) is 12.2 Å². The number of carbonyl (C=O) groups is 3. The number of benzene rings is 1. The minimum absolute atomic E-state index is 0.0431. The van der Waals surface area contributed by atoms with E-state index in [9.17, 15) is 14.4 Å². The summed E-state index contributed by atoms with van der Waals surface area (Å²) in [7, 11) is 1.25. The molecule has 7 heteroatoms. The van der Waals surface area contributed by atoms with Gasteiger partial charge >= 0.3 is 5.97 Å². The first-order chi connectivity index (χ1) is 9.52. The van der Waals surface area contributed by atoms with Crippen LogP contribution in [0.2, 0.25) is 0 Å². The number of ether oxygens (including phenoxy) is 1. The monoisotopic (exact) mass is 290 g/mol. The quantitative estimate of drug-likeness (QED) is 0.356. The molecule has 102 valence electrons. The van der Waals surface area contributed by atoms with E-state index in [1.807, 2.05) is 0 Å². The second kappa shape index (κ2) is 5.62. The van der Waals surface area contributed by atoms with Gasteiger partial charge in [-0.05, 0) is 29.9 Å². The highest BCUT2D eigenvalue weighted by Gasteiger charge is 2.26. The highest BCUT2D eigenvalue weighted by atomic mass is 32.1. The fraction of sp³-hybridized carbons (Fsp3) is 0.0769. The maximum absolute atomic E-state index is 11.7. The van der Waals surface area contributed by atoms with Crippen molar-refractivity contribution >= 4 is 41.2 Å². The van der Waals surface area contributed by atoms with Gasteiger partial charge in [0.2, 0.25) is 0 Å². The van der Waals surface area contributed by atoms with Crippen molar-refractivity contribution < 1.29 is 19.1 Å². The second-order valence-corrected chi connectivity index (χ2v) is 4.28. The Hall–Kier alpha value is -2.54. The molecule has 0 unspecified atom stereocenters. The molecule has 0 aromatic heterocycles. The Labute approximate surface area is 119 Å². The first kappa shape index (κ1) is 13.9. The molecule has 1 aromatic carbocycles. The van der Waals surface area contributed by atoms with Gasteiger partial charge in [0.15, 0.2) is 5.11 Å². The van der Waals surface area contributed by atoms with Gasteiger partial charge in [-0.1, -0.05) is 18.2 Å². The lowest BCUT2D eigenvalue weighted by Crippen LogP contribution is -2.51. The molecular formula is C13H10N2O4S. The van der Waals surface area contributed by atoms with Crippen LogP contribution in [0.1, 0.15) is 15.9 Å². The molecule has 0 saturated carbocycles. The molecule has 2 rings (SSSR count). The molecule has 0 bridgehead atoms. The maximum atomic E-state index is 11.7. The zero-order valence-electron chi connectivity index (χ0n) is 10.4. The molecule has 2 amide bonds. The van der Waals surface area contributed by atoms with Crippen LogP contribution in [0.15, 0.2) is 29.8 Å². The minimum Gasteiger partial charge on any atom is -0.465 e. The third kappa shape index (κ3) is 2.72. The lowest BCUT2D eigenvalue weighted by atomic mass is 10.0. The number of esters is 1. The summed E-state index contributed by atoms with van der Waals surface area (Å²) in [4.78, 5) is 35.1. The van der Waals surface area contributed by atoms with Gasteiger partial charge in [0.05, 0.1) is 12.7 Å². The zero-order chi connectivity index (χ0) is 14.7. The van der Waals surface area contributed by atoms with E-state index >= 15 is 0 Å². The van der Waals surface area contributed by atoms with Crippen LogP contribution in [0.3, 0.4) is 0 Å². The second-order valence-electron chi connectivity index (χ2n) is 3.87. The average molecular weight is 290 g/mol. The third-order valence-corrected chi connectivity index (χ3v) is 2.81. The average Bonchev–Trinajstić information content (AvgIpc) is 2.42. The van der Waals surface area contributed by atoms with Gasteiger partial charge < -0.3 is 4.74 Å². The SMILES string of the molecule is COC(=O)c1ccccc1C=C1C(=O)NC(=S)NC1=O. The number of methoxy groups -OCH3 is 1. The Morgan fingerprint density at radius 1 is 1.20 bits per heavy atom. The fourth-order valence-corrected chi connectivity index (χ4v) is 1.87. The summed E-state index contributed by atoms with van der Waals surface area (Å²) in [6, 6.07) is 6.49. The molecule has 1 heterocycles. The molecule has 1 aromatic rings. The maximum Gasteiger partial charge on any atom is 0.338 e. The van der Waals surface area contributed by atoms with Gasteiger partial charge in [-0.15, -0.1) is 0 Å². The lowest BCUT2D eigenvalue weighted by molar-refractivity contribution is -0.123. The summed E-state index contributed by atoms with van der Waals surface area (Å²) in [5.41, 5.74) is 0.540. The molecule has 0 spiro atoms. The largest absolute Gasteiger partial charge is 0.465 e. The Morgan fingerprint density at radius 2 is 1.80 bits per heavy atom. The molecule has 0 radical (unpaired) electrons. The van der Waals surface area contributed by atoms with E-state index in [0.717, 1.165) is 0 Å². The molecule has 1 aliphatic rings. The van der Waals surface area contributed by atoms with Crippen LogP contribution in [0.4, 0.5) is 0 Å². The van der Waals surface area contributed by atoms with Gasteiger partial charge in [-0.3, -0.25) is 20.2 Å². The minimum atomic E-state index is -0.613. The summed E-state index contributed by atoms with van der Waals surface area (Å²) in [5.74, 6) is -1.78. The number of hydrogen-bond donors (Lipinski definition) is 2. The van der Waals surface area contributed by atoms with Crippen molar-refractivity contribution in [1.29, 1.82) is 0 Å². The van der Waals surface area contributed by atoms with E-state index < -0.39 is 17.8 Å². The number of rotatable bonds is 2.